The molecule has 3 heteroatoms. The summed E-state index contributed by atoms with van der Waals surface area (Å²) in [7, 11) is 2.16. The molecular weight excluding hydrogens is 276 g/mol. The Morgan fingerprint density at radius 3 is 2.71 bits per heavy atom. The monoisotopic (exact) mass is 298 g/mol. The lowest BCUT2D eigenvalue weighted by molar-refractivity contribution is 0.559. The summed E-state index contributed by atoms with van der Waals surface area (Å²) >= 11 is 3.54. The Labute approximate surface area is 113 Å². The van der Waals surface area contributed by atoms with E-state index in [2.05, 4.69) is 59.9 Å². The molecule has 0 amide bonds. The summed E-state index contributed by atoms with van der Waals surface area (Å²) in [4.78, 5) is 2.34. The minimum absolute atomic E-state index is 0.700. The Balaban J connectivity index is 2.89. The number of nitrogens with zero attached hydrogens (tertiary/aromatic N) is 1. The van der Waals surface area contributed by atoms with Crippen LogP contribution in [-0.4, -0.2) is 20.1 Å². The lowest BCUT2D eigenvalue weighted by Gasteiger charge is -2.25. The van der Waals surface area contributed by atoms with Crippen LogP contribution in [0.15, 0.2) is 22.7 Å². The molecule has 0 aliphatic carbocycles. The zero-order chi connectivity index (χ0) is 12.8. The number of benzene rings is 1. The zero-order valence-corrected chi connectivity index (χ0v) is 12.6. The van der Waals surface area contributed by atoms with Gasteiger partial charge in [-0.2, -0.15) is 0 Å². The van der Waals surface area contributed by atoms with Gasteiger partial charge >= 0.3 is 0 Å². The van der Waals surface area contributed by atoms with Crippen LogP contribution < -0.4 is 10.6 Å². The van der Waals surface area contributed by atoms with Gasteiger partial charge in [-0.15, -0.1) is 0 Å². The molecule has 0 saturated carbocycles. The van der Waals surface area contributed by atoms with E-state index in [9.17, 15) is 0 Å². The van der Waals surface area contributed by atoms with Gasteiger partial charge in [-0.25, -0.2) is 0 Å². The maximum absolute atomic E-state index is 5.66. The van der Waals surface area contributed by atoms with Gasteiger partial charge in [0.25, 0.3) is 0 Å². The molecule has 0 aliphatic heterocycles. The van der Waals surface area contributed by atoms with Crippen molar-refractivity contribution in [3.63, 3.8) is 0 Å². The van der Waals surface area contributed by atoms with Gasteiger partial charge < -0.3 is 10.6 Å². The molecule has 0 fully saturated rings. The normalized spacial score (nSPS) is 12.5. The predicted octanol–water partition coefficient (Wildman–Crippen LogP) is 3.43. The van der Waals surface area contributed by atoms with Gasteiger partial charge in [0.1, 0.15) is 0 Å². The predicted molar refractivity (Wildman–Crippen MR) is 79.6 cm³/mol. The van der Waals surface area contributed by atoms with Crippen LogP contribution >= 0.6 is 15.9 Å². The molecule has 2 nitrogen and oxygen atoms in total. The highest BCUT2D eigenvalue weighted by atomic mass is 79.9. The highest BCUT2D eigenvalue weighted by Gasteiger charge is 2.10. The molecule has 0 aromatic heterocycles. The summed E-state index contributed by atoms with van der Waals surface area (Å²) < 4.78 is 1.13. The van der Waals surface area contributed by atoms with Crippen molar-refractivity contribution < 1.29 is 0 Å². The number of nitrogens with two attached hydrogens (primary N) is 1. The van der Waals surface area contributed by atoms with E-state index in [0.29, 0.717) is 12.5 Å². The number of hydrogen-bond donors (Lipinski definition) is 1. The highest BCUT2D eigenvalue weighted by molar-refractivity contribution is 9.10. The van der Waals surface area contributed by atoms with Crippen LogP contribution in [0.2, 0.25) is 0 Å². The Morgan fingerprint density at radius 2 is 2.12 bits per heavy atom. The first-order chi connectivity index (χ1) is 8.08. The van der Waals surface area contributed by atoms with Crippen LogP contribution in [0.5, 0.6) is 0 Å². The van der Waals surface area contributed by atoms with E-state index in [1.165, 1.54) is 17.7 Å². The Hall–Kier alpha value is -0.540. The minimum atomic E-state index is 0.700. The van der Waals surface area contributed by atoms with Crippen LogP contribution in [0.4, 0.5) is 5.69 Å². The Bertz CT molecular complexity index is 352. The van der Waals surface area contributed by atoms with Gasteiger partial charge in [0.05, 0.1) is 0 Å². The van der Waals surface area contributed by atoms with E-state index in [-0.39, 0.29) is 0 Å². The van der Waals surface area contributed by atoms with Gasteiger partial charge in [-0.05, 0) is 36.6 Å². The summed E-state index contributed by atoms with van der Waals surface area (Å²) in [5, 5.41) is 0. The van der Waals surface area contributed by atoms with Crippen molar-refractivity contribution in [3.8, 4) is 0 Å². The molecule has 96 valence electrons. The van der Waals surface area contributed by atoms with Crippen LogP contribution in [-0.2, 0) is 6.42 Å². The molecule has 2 N–H and O–H groups in total. The average molecular weight is 299 g/mol. The van der Waals surface area contributed by atoms with Crippen molar-refractivity contribution in [2.75, 3.05) is 25.0 Å². The summed E-state index contributed by atoms with van der Waals surface area (Å²) in [6, 6.07) is 6.44. The fourth-order valence-corrected chi connectivity index (χ4v) is 2.30. The smallest absolute Gasteiger partial charge is 0.0408 e. The summed E-state index contributed by atoms with van der Waals surface area (Å²) in [5.41, 5.74) is 8.30. The van der Waals surface area contributed by atoms with Crippen molar-refractivity contribution >= 4 is 21.6 Å². The molecule has 0 saturated heterocycles. The number of halogens is 1. The van der Waals surface area contributed by atoms with Crippen molar-refractivity contribution in [1.29, 1.82) is 0 Å². The summed E-state index contributed by atoms with van der Waals surface area (Å²) in [6.07, 6.45) is 2.15. The maximum Gasteiger partial charge on any atom is 0.0408 e. The highest BCUT2D eigenvalue weighted by Crippen LogP contribution is 2.25. The lowest BCUT2D eigenvalue weighted by Crippen LogP contribution is -2.25. The number of rotatable bonds is 6. The molecule has 0 radical (unpaired) electrons. The standard InChI is InChI=1S/C14H23BrN2/c1-4-11(2)10-17(3)14-9-13(15)6-5-12(14)7-8-16/h5-6,9,11H,4,7-8,10,16H2,1-3H3. The Morgan fingerprint density at radius 1 is 1.41 bits per heavy atom. The zero-order valence-electron chi connectivity index (χ0n) is 11.0. The molecule has 0 aliphatic rings. The van der Waals surface area contributed by atoms with Crippen molar-refractivity contribution in [2.24, 2.45) is 11.7 Å². The van der Waals surface area contributed by atoms with Crippen LogP contribution in [0, 0.1) is 5.92 Å². The average Bonchev–Trinajstić information content (AvgIpc) is 2.31. The molecule has 0 bridgehead atoms. The maximum atomic E-state index is 5.66. The fraction of sp³-hybridized carbons (Fsp3) is 0.571. The Kier molecular flexibility index (Phi) is 6.00. The third kappa shape index (κ3) is 4.32. The third-order valence-electron chi connectivity index (χ3n) is 3.15. The number of anilines is 1. The topological polar surface area (TPSA) is 29.3 Å². The molecule has 0 heterocycles. The van der Waals surface area contributed by atoms with Crippen molar-refractivity contribution in [2.45, 2.75) is 26.7 Å². The summed E-state index contributed by atoms with van der Waals surface area (Å²) in [6.45, 7) is 6.31. The van der Waals surface area contributed by atoms with Crippen molar-refractivity contribution in [3.05, 3.63) is 28.2 Å². The van der Waals surface area contributed by atoms with E-state index in [1.54, 1.807) is 0 Å². The lowest BCUT2D eigenvalue weighted by atomic mass is 10.1. The van der Waals surface area contributed by atoms with Gasteiger partial charge in [-0.1, -0.05) is 42.3 Å². The first kappa shape index (κ1) is 14.5. The van der Waals surface area contributed by atoms with E-state index < -0.39 is 0 Å². The molecule has 1 rings (SSSR count). The second kappa shape index (κ2) is 7.02. The van der Waals surface area contributed by atoms with Crippen LogP contribution in [0.1, 0.15) is 25.8 Å². The van der Waals surface area contributed by atoms with Gasteiger partial charge in [0.2, 0.25) is 0 Å². The third-order valence-corrected chi connectivity index (χ3v) is 3.65. The molecule has 1 aromatic rings. The van der Waals surface area contributed by atoms with Crippen LogP contribution in [0.3, 0.4) is 0 Å². The molecule has 1 atom stereocenters. The molecule has 0 spiro atoms. The molecule has 17 heavy (non-hydrogen) atoms. The van der Waals surface area contributed by atoms with Gasteiger partial charge in [-0.3, -0.25) is 0 Å². The first-order valence-corrected chi connectivity index (χ1v) is 7.07. The van der Waals surface area contributed by atoms with E-state index in [1.807, 2.05) is 0 Å². The first-order valence-electron chi connectivity index (χ1n) is 6.28. The quantitative estimate of drug-likeness (QED) is 0.872. The molecule has 1 aromatic carbocycles. The molecular formula is C14H23BrN2. The van der Waals surface area contributed by atoms with Crippen molar-refractivity contribution in [1.82, 2.24) is 0 Å². The van der Waals surface area contributed by atoms with E-state index in [0.717, 1.165) is 17.4 Å². The van der Waals surface area contributed by atoms with Gasteiger partial charge in [0.15, 0.2) is 0 Å². The second-order valence-electron chi connectivity index (χ2n) is 4.71. The largest absolute Gasteiger partial charge is 0.374 e. The van der Waals surface area contributed by atoms with E-state index in [4.69, 9.17) is 5.73 Å². The van der Waals surface area contributed by atoms with Crippen LogP contribution in [0.25, 0.3) is 0 Å². The SMILES string of the molecule is CCC(C)CN(C)c1cc(Br)ccc1CCN. The molecule has 1 unspecified atom stereocenters. The van der Waals surface area contributed by atoms with E-state index >= 15 is 0 Å². The van der Waals surface area contributed by atoms with Gasteiger partial charge in [0, 0.05) is 23.8 Å². The minimum Gasteiger partial charge on any atom is -0.374 e. The second-order valence-corrected chi connectivity index (χ2v) is 5.62. The summed E-state index contributed by atoms with van der Waals surface area (Å²) in [5.74, 6) is 0.713. The fourth-order valence-electron chi connectivity index (χ4n) is 1.95. The number of hydrogen-bond acceptors (Lipinski definition) is 2.